The molecule has 6 heteroatoms. The normalized spacial score (nSPS) is 49.2. The van der Waals surface area contributed by atoms with Crippen LogP contribution in [0.25, 0.3) is 0 Å². The molecule has 4 aliphatic rings. The third-order valence-corrected chi connectivity index (χ3v) is 9.94. The third kappa shape index (κ3) is 2.58. The zero-order chi connectivity index (χ0) is 23.0. The molecular weight excluding hydrogens is 396 g/mol. The van der Waals surface area contributed by atoms with Crippen LogP contribution in [-0.4, -0.2) is 45.1 Å². The lowest BCUT2D eigenvalue weighted by Crippen LogP contribution is -2.75. The van der Waals surface area contributed by atoms with E-state index in [0.29, 0.717) is 44.1 Å². The van der Waals surface area contributed by atoms with Gasteiger partial charge in [0.05, 0.1) is 22.5 Å². The van der Waals surface area contributed by atoms with Crippen LogP contribution in [-0.2, 0) is 14.3 Å². The van der Waals surface area contributed by atoms with Crippen molar-refractivity contribution in [1.82, 2.24) is 0 Å². The van der Waals surface area contributed by atoms with Gasteiger partial charge in [-0.15, -0.1) is 0 Å². The molecule has 6 nitrogen and oxygen atoms in total. The SMILES string of the molecule is C=C1[C@@H]2CCC3(O)[C@@](C2)([C@@H](O)C[C@@H]2[C@]3(C)CCC[C@]2(C)C(=O)O)[C@H]1OC(=O)/C(C)=C\C. The highest BCUT2D eigenvalue weighted by molar-refractivity contribution is 5.88. The summed E-state index contributed by atoms with van der Waals surface area (Å²) >= 11 is 0. The highest BCUT2D eigenvalue weighted by atomic mass is 16.5. The summed E-state index contributed by atoms with van der Waals surface area (Å²) in [7, 11) is 0. The molecule has 1 unspecified atom stereocenters. The Kier molecular flexibility index (Phi) is 5.03. The summed E-state index contributed by atoms with van der Waals surface area (Å²) in [4.78, 5) is 25.0. The highest BCUT2D eigenvalue weighted by Gasteiger charge is 2.78. The second kappa shape index (κ2) is 6.92. The number of carboxylic acids is 1. The molecule has 0 aromatic heterocycles. The molecule has 4 aliphatic carbocycles. The van der Waals surface area contributed by atoms with E-state index in [-0.39, 0.29) is 18.3 Å². The first-order valence-electron chi connectivity index (χ1n) is 11.6. The Morgan fingerprint density at radius 2 is 1.90 bits per heavy atom. The van der Waals surface area contributed by atoms with Gasteiger partial charge in [-0.2, -0.15) is 0 Å². The van der Waals surface area contributed by atoms with Gasteiger partial charge in [0.2, 0.25) is 0 Å². The maximum Gasteiger partial charge on any atom is 0.333 e. The minimum atomic E-state index is -1.34. The van der Waals surface area contributed by atoms with Crippen LogP contribution in [0.4, 0.5) is 0 Å². The van der Waals surface area contributed by atoms with Gasteiger partial charge in [0.25, 0.3) is 0 Å². The van der Waals surface area contributed by atoms with E-state index in [1.165, 1.54) is 0 Å². The van der Waals surface area contributed by atoms with Crippen LogP contribution < -0.4 is 0 Å². The fourth-order valence-corrected chi connectivity index (χ4v) is 7.96. The van der Waals surface area contributed by atoms with Crippen LogP contribution in [0, 0.1) is 28.1 Å². The Hall–Kier alpha value is -1.66. The number of rotatable bonds is 3. The average Bonchev–Trinajstić information content (AvgIpc) is 2.95. The van der Waals surface area contributed by atoms with Crippen molar-refractivity contribution < 1.29 is 29.6 Å². The summed E-state index contributed by atoms with van der Waals surface area (Å²) in [6, 6.07) is 0. The summed E-state index contributed by atoms with van der Waals surface area (Å²) in [5.74, 6) is -1.62. The molecule has 4 fully saturated rings. The molecule has 0 amide bonds. The van der Waals surface area contributed by atoms with E-state index in [0.717, 1.165) is 5.57 Å². The van der Waals surface area contributed by atoms with Crippen molar-refractivity contribution in [3.8, 4) is 0 Å². The lowest BCUT2D eigenvalue weighted by molar-refractivity contribution is -0.309. The van der Waals surface area contributed by atoms with Gasteiger partial charge in [-0.1, -0.05) is 26.0 Å². The van der Waals surface area contributed by atoms with Crippen molar-refractivity contribution in [3.05, 3.63) is 23.8 Å². The largest absolute Gasteiger partial charge is 0.481 e. The van der Waals surface area contributed by atoms with E-state index in [9.17, 15) is 24.9 Å². The van der Waals surface area contributed by atoms with Crippen LogP contribution >= 0.6 is 0 Å². The van der Waals surface area contributed by atoms with E-state index in [2.05, 4.69) is 6.58 Å². The second-order valence-corrected chi connectivity index (χ2v) is 11.0. The van der Waals surface area contributed by atoms with E-state index >= 15 is 0 Å². The van der Waals surface area contributed by atoms with Gasteiger partial charge in [-0.25, -0.2) is 4.79 Å². The van der Waals surface area contributed by atoms with E-state index in [4.69, 9.17) is 4.74 Å². The molecule has 172 valence electrons. The van der Waals surface area contributed by atoms with Gasteiger partial charge >= 0.3 is 11.9 Å². The summed E-state index contributed by atoms with van der Waals surface area (Å²) in [5, 5.41) is 34.2. The number of ether oxygens (including phenoxy) is 1. The molecule has 8 atom stereocenters. The van der Waals surface area contributed by atoms with Crippen molar-refractivity contribution in [2.45, 2.75) is 90.4 Å². The Labute approximate surface area is 184 Å². The number of aliphatic hydroxyl groups is 2. The monoisotopic (exact) mass is 432 g/mol. The number of esters is 1. The molecule has 4 saturated carbocycles. The van der Waals surface area contributed by atoms with Gasteiger partial charge in [0, 0.05) is 11.0 Å². The molecule has 0 saturated heterocycles. The van der Waals surface area contributed by atoms with E-state index in [1.807, 2.05) is 6.92 Å². The standard InChI is InChI=1S/C25H36O6/c1-6-14(2)20(27)31-19-15(3)16-8-11-25(30)23(5)10-7-9-22(4,21(28)29)17(23)12-18(26)24(19,25)13-16/h6,16-19,26,30H,3,7-13H2,1-2,4-5H3,(H,28,29)/b14-6-/t16-,17+,18+,19+,22+,23+,24+,25?/m1/s1. The van der Waals surface area contributed by atoms with Crippen molar-refractivity contribution in [1.29, 1.82) is 0 Å². The number of aliphatic hydroxyl groups excluding tert-OH is 1. The summed E-state index contributed by atoms with van der Waals surface area (Å²) in [6.07, 6.45) is 3.81. The summed E-state index contributed by atoms with van der Waals surface area (Å²) in [5.41, 5.74) is -2.87. The Morgan fingerprint density at radius 1 is 1.23 bits per heavy atom. The molecule has 0 aliphatic heterocycles. The molecule has 0 radical (unpaired) electrons. The number of carboxylic acid groups (broad SMARTS) is 1. The lowest BCUT2D eigenvalue weighted by Gasteiger charge is -2.69. The molecular formula is C25H36O6. The van der Waals surface area contributed by atoms with Crippen molar-refractivity contribution in [2.24, 2.45) is 28.1 Å². The Morgan fingerprint density at radius 3 is 2.52 bits per heavy atom. The molecule has 0 heterocycles. The third-order valence-electron chi connectivity index (χ3n) is 9.94. The number of carbonyl (C=O) groups is 2. The van der Waals surface area contributed by atoms with Crippen LogP contribution in [0.2, 0.25) is 0 Å². The highest BCUT2D eigenvalue weighted by Crippen LogP contribution is 2.74. The van der Waals surface area contributed by atoms with Crippen molar-refractivity contribution in [2.75, 3.05) is 0 Å². The first kappa shape index (κ1) is 22.5. The molecule has 1 spiro atoms. The van der Waals surface area contributed by atoms with Crippen molar-refractivity contribution in [3.63, 3.8) is 0 Å². The van der Waals surface area contributed by atoms with Gasteiger partial charge < -0.3 is 20.1 Å². The van der Waals surface area contributed by atoms with Gasteiger partial charge in [0.1, 0.15) is 6.10 Å². The first-order valence-corrected chi connectivity index (χ1v) is 11.6. The van der Waals surface area contributed by atoms with Crippen molar-refractivity contribution >= 4 is 11.9 Å². The minimum Gasteiger partial charge on any atom is -0.481 e. The molecule has 4 rings (SSSR count). The van der Waals surface area contributed by atoms with Crippen LogP contribution in [0.3, 0.4) is 0 Å². The lowest BCUT2D eigenvalue weighted by atomic mass is 9.37. The molecule has 0 aromatic carbocycles. The zero-order valence-electron chi connectivity index (χ0n) is 19.1. The predicted molar refractivity (Wildman–Crippen MR) is 115 cm³/mol. The second-order valence-electron chi connectivity index (χ2n) is 11.0. The molecule has 0 aromatic rings. The number of hydrogen-bond donors (Lipinski definition) is 3. The fraction of sp³-hybridized carbons (Fsp3) is 0.760. The number of hydrogen-bond acceptors (Lipinski definition) is 5. The van der Waals surface area contributed by atoms with Crippen LogP contribution in [0.1, 0.15) is 72.6 Å². The first-order chi connectivity index (χ1) is 14.4. The Bertz CT molecular complexity index is 862. The quantitative estimate of drug-likeness (QED) is 0.358. The number of fused-ring (bicyclic) bond motifs is 3. The van der Waals surface area contributed by atoms with Gasteiger partial charge in [-0.3, -0.25) is 4.79 Å². The zero-order valence-corrected chi connectivity index (χ0v) is 19.1. The van der Waals surface area contributed by atoms with Crippen LogP contribution in [0.15, 0.2) is 23.8 Å². The number of carbonyl (C=O) groups excluding carboxylic acids is 1. The maximum absolute atomic E-state index is 12.7. The van der Waals surface area contributed by atoms with E-state index < -0.39 is 46.0 Å². The minimum absolute atomic E-state index is 0.0771. The fourth-order valence-electron chi connectivity index (χ4n) is 7.96. The summed E-state index contributed by atoms with van der Waals surface area (Å²) < 4.78 is 5.97. The molecule has 31 heavy (non-hydrogen) atoms. The topological polar surface area (TPSA) is 104 Å². The van der Waals surface area contributed by atoms with Gasteiger partial charge in [0.15, 0.2) is 0 Å². The molecule has 3 N–H and O–H groups in total. The van der Waals surface area contributed by atoms with Crippen LogP contribution in [0.5, 0.6) is 0 Å². The van der Waals surface area contributed by atoms with Gasteiger partial charge in [-0.05, 0) is 76.7 Å². The summed E-state index contributed by atoms with van der Waals surface area (Å²) in [6.45, 7) is 11.5. The predicted octanol–water partition coefficient (Wildman–Crippen LogP) is 3.61. The average molecular weight is 433 g/mol. The number of allylic oxidation sites excluding steroid dienone is 1. The Balaban J connectivity index is 1.85. The maximum atomic E-state index is 12.7. The van der Waals surface area contributed by atoms with E-state index in [1.54, 1.807) is 26.8 Å². The smallest absolute Gasteiger partial charge is 0.333 e. The molecule has 2 bridgehead atoms. The number of aliphatic carboxylic acids is 1.